The smallest absolute Gasteiger partial charge is 0.254 e. The second kappa shape index (κ2) is 5.35. The molecule has 0 bridgehead atoms. The Kier molecular flexibility index (Phi) is 3.81. The molecule has 0 radical (unpaired) electrons. The molecule has 18 heavy (non-hydrogen) atoms. The quantitative estimate of drug-likeness (QED) is 0.858. The first-order valence-electron chi connectivity index (χ1n) is 6.17. The summed E-state index contributed by atoms with van der Waals surface area (Å²) in [7, 11) is 1.80. The van der Waals surface area contributed by atoms with Gasteiger partial charge in [0.15, 0.2) is 0 Å². The van der Waals surface area contributed by atoms with Crippen molar-refractivity contribution in [3.05, 3.63) is 23.4 Å². The van der Waals surface area contributed by atoms with Gasteiger partial charge in [0.2, 0.25) is 0 Å². The molecule has 2 heterocycles. The molecule has 1 aromatic heterocycles. The molecule has 1 saturated heterocycles. The maximum atomic E-state index is 12.4. The summed E-state index contributed by atoms with van der Waals surface area (Å²) < 4.78 is 5.44. The van der Waals surface area contributed by atoms with Gasteiger partial charge in [0.05, 0.1) is 12.7 Å². The van der Waals surface area contributed by atoms with Crippen LogP contribution in [0.3, 0.4) is 0 Å². The molecule has 1 aromatic rings. The van der Waals surface area contributed by atoms with Gasteiger partial charge < -0.3 is 15.0 Å². The van der Waals surface area contributed by atoms with E-state index in [1.54, 1.807) is 13.1 Å². The Bertz CT molecular complexity index is 448. The Labute approximate surface area is 107 Å². The Hall–Kier alpha value is -1.62. The Morgan fingerprint density at radius 3 is 3.00 bits per heavy atom. The lowest BCUT2D eigenvalue weighted by molar-refractivity contribution is -0.0124. The molecule has 1 aliphatic heterocycles. The highest BCUT2D eigenvalue weighted by Gasteiger charge is 2.22. The third kappa shape index (κ3) is 2.79. The van der Waals surface area contributed by atoms with Crippen LogP contribution in [0.15, 0.2) is 12.1 Å². The molecular formula is C13H19N3O2. The lowest BCUT2D eigenvalue weighted by atomic mass is 10.1. The second-order valence-corrected chi connectivity index (χ2v) is 4.57. The van der Waals surface area contributed by atoms with Gasteiger partial charge in [-0.2, -0.15) is 0 Å². The average molecular weight is 249 g/mol. The van der Waals surface area contributed by atoms with E-state index in [4.69, 9.17) is 4.74 Å². The fraction of sp³-hybridized carbons (Fsp3) is 0.538. The van der Waals surface area contributed by atoms with Crippen LogP contribution in [0, 0.1) is 6.92 Å². The predicted molar refractivity (Wildman–Crippen MR) is 69.8 cm³/mol. The minimum Gasteiger partial charge on any atom is -0.375 e. The van der Waals surface area contributed by atoms with Gasteiger partial charge in [-0.25, -0.2) is 4.98 Å². The van der Waals surface area contributed by atoms with E-state index in [1.165, 1.54) is 0 Å². The molecule has 1 atom stereocenters. The lowest BCUT2D eigenvalue weighted by Crippen LogP contribution is -2.44. The topological polar surface area (TPSA) is 54.5 Å². The highest BCUT2D eigenvalue weighted by molar-refractivity contribution is 5.95. The number of morpholine rings is 1. The molecule has 1 aliphatic rings. The van der Waals surface area contributed by atoms with Crippen molar-refractivity contribution >= 4 is 11.7 Å². The van der Waals surface area contributed by atoms with Crippen molar-refractivity contribution in [2.45, 2.75) is 20.0 Å². The van der Waals surface area contributed by atoms with Gasteiger partial charge in [-0.3, -0.25) is 4.79 Å². The number of aryl methyl sites for hydroxylation is 1. The maximum absolute atomic E-state index is 12.4. The van der Waals surface area contributed by atoms with Gasteiger partial charge in [-0.1, -0.05) is 0 Å². The van der Waals surface area contributed by atoms with Crippen molar-refractivity contribution in [3.63, 3.8) is 0 Å². The average Bonchev–Trinajstić information content (AvgIpc) is 2.37. The molecule has 0 spiro atoms. The number of amides is 1. The monoisotopic (exact) mass is 249 g/mol. The first-order chi connectivity index (χ1) is 8.60. The van der Waals surface area contributed by atoms with E-state index in [-0.39, 0.29) is 12.0 Å². The number of hydrogen-bond acceptors (Lipinski definition) is 4. The van der Waals surface area contributed by atoms with Crippen molar-refractivity contribution < 1.29 is 9.53 Å². The SMILES string of the molecule is CNc1cc(C(=O)N2CCOC(C)C2)cc(C)n1. The highest BCUT2D eigenvalue weighted by atomic mass is 16.5. The van der Waals surface area contributed by atoms with Crippen LogP contribution in [-0.4, -0.2) is 48.6 Å². The summed E-state index contributed by atoms with van der Waals surface area (Å²) in [6.07, 6.45) is 0.106. The lowest BCUT2D eigenvalue weighted by Gasteiger charge is -2.31. The van der Waals surface area contributed by atoms with E-state index in [1.807, 2.05) is 24.8 Å². The standard InChI is InChI=1S/C13H19N3O2/c1-9-6-11(7-12(14-3)15-9)13(17)16-4-5-18-10(2)8-16/h6-7,10H,4-5,8H2,1-3H3,(H,14,15). The first-order valence-corrected chi connectivity index (χ1v) is 6.17. The fourth-order valence-electron chi connectivity index (χ4n) is 2.11. The van der Waals surface area contributed by atoms with Gasteiger partial charge in [0.1, 0.15) is 5.82 Å². The van der Waals surface area contributed by atoms with Crippen molar-refractivity contribution in [2.24, 2.45) is 0 Å². The summed E-state index contributed by atoms with van der Waals surface area (Å²) in [6, 6.07) is 3.61. The van der Waals surface area contributed by atoms with E-state index in [0.29, 0.717) is 25.3 Å². The minimum atomic E-state index is 0.0483. The third-order valence-corrected chi connectivity index (χ3v) is 2.98. The van der Waals surface area contributed by atoms with Gasteiger partial charge in [0.25, 0.3) is 5.91 Å². The Balaban J connectivity index is 2.19. The number of hydrogen-bond donors (Lipinski definition) is 1. The molecule has 2 rings (SSSR count). The number of nitrogens with zero attached hydrogens (tertiary/aromatic N) is 2. The van der Waals surface area contributed by atoms with Crippen LogP contribution in [0.5, 0.6) is 0 Å². The predicted octanol–water partition coefficient (Wildman–Crippen LogP) is 1.29. The Morgan fingerprint density at radius 2 is 2.33 bits per heavy atom. The molecule has 0 aliphatic carbocycles. The van der Waals surface area contributed by atoms with Gasteiger partial charge >= 0.3 is 0 Å². The molecule has 5 nitrogen and oxygen atoms in total. The number of anilines is 1. The highest BCUT2D eigenvalue weighted by Crippen LogP contribution is 2.14. The summed E-state index contributed by atoms with van der Waals surface area (Å²) in [4.78, 5) is 18.5. The molecule has 1 fully saturated rings. The second-order valence-electron chi connectivity index (χ2n) is 4.57. The number of rotatable bonds is 2. The van der Waals surface area contributed by atoms with Crippen molar-refractivity contribution in [1.82, 2.24) is 9.88 Å². The molecule has 0 saturated carbocycles. The third-order valence-electron chi connectivity index (χ3n) is 2.98. The van der Waals surface area contributed by atoms with Gasteiger partial charge in [-0.05, 0) is 26.0 Å². The van der Waals surface area contributed by atoms with E-state index in [0.717, 1.165) is 11.5 Å². The Morgan fingerprint density at radius 1 is 1.56 bits per heavy atom. The van der Waals surface area contributed by atoms with Crippen LogP contribution in [0.4, 0.5) is 5.82 Å². The summed E-state index contributed by atoms with van der Waals surface area (Å²) >= 11 is 0. The normalized spacial score (nSPS) is 19.7. The van der Waals surface area contributed by atoms with Gasteiger partial charge in [0, 0.05) is 31.4 Å². The van der Waals surface area contributed by atoms with Crippen LogP contribution in [-0.2, 0) is 4.74 Å². The number of ether oxygens (including phenoxy) is 1. The zero-order valence-corrected chi connectivity index (χ0v) is 11.1. The summed E-state index contributed by atoms with van der Waals surface area (Å²) in [5.74, 6) is 0.770. The van der Waals surface area contributed by atoms with Crippen molar-refractivity contribution in [2.75, 3.05) is 32.1 Å². The van der Waals surface area contributed by atoms with Crippen LogP contribution >= 0.6 is 0 Å². The molecular weight excluding hydrogens is 230 g/mol. The largest absolute Gasteiger partial charge is 0.375 e. The van der Waals surface area contributed by atoms with E-state index in [2.05, 4.69) is 10.3 Å². The van der Waals surface area contributed by atoms with Crippen molar-refractivity contribution in [3.8, 4) is 0 Å². The minimum absolute atomic E-state index is 0.0483. The number of aromatic nitrogens is 1. The molecule has 98 valence electrons. The van der Waals surface area contributed by atoms with Gasteiger partial charge in [-0.15, -0.1) is 0 Å². The number of pyridine rings is 1. The summed E-state index contributed by atoms with van der Waals surface area (Å²) in [5.41, 5.74) is 1.52. The molecule has 0 aromatic carbocycles. The number of nitrogens with one attached hydrogen (secondary N) is 1. The molecule has 1 N–H and O–H groups in total. The molecule has 1 amide bonds. The summed E-state index contributed by atoms with van der Waals surface area (Å²) in [6.45, 7) is 5.78. The van der Waals surface area contributed by atoms with Crippen LogP contribution in [0.25, 0.3) is 0 Å². The molecule has 1 unspecified atom stereocenters. The summed E-state index contributed by atoms with van der Waals surface area (Å²) in [5, 5.41) is 2.97. The van der Waals surface area contributed by atoms with Crippen LogP contribution in [0.2, 0.25) is 0 Å². The van der Waals surface area contributed by atoms with E-state index < -0.39 is 0 Å². The zero-order valence-electron chi connectivity index (χ0n) is 11.1. The van der Waals surface area contributed by atoms with E-state index in [9.17, 15) is 4.79 Å². The number of carbonyl (C=O) groups excluding carboxylic acids is 1. The van der Waals surface area contributed by atoms with Crippen molar-refractivity contribution in [1.29, 1.82) is 0 Å². The molecule has 5 heteroatoms. The maximum Gasteiger partial charge on any atom is 0.254 e. The van der Waals surface area contributed by atoms with Crippen LogP contribution in [0.1, 0.15) is 23.0 Å². The zero-order chi connectivity index (χ0) is 13.1. The van der Waals surface area contributed by atoms with Crippen LogP contribution < -0.4 is 5.32 Å². The number of carbonyl (C=O) groups is 1. The first kappa shape index (κ1) is 12.8. The fourth-order valence-corrected chi connectivity index (χ4v) is 2.11. The van der Waals surface area contributed by atoms with E-state index >= 15 is 0 Å².